The van der Waals surface area contributed by atoms with E-state index >= 15 is 0 Å². The highest BCUT2D eigenvalue weighted by Crippen LogP contribution is 2.47. The molecule has 2 heterocycles. The average Bonchev–Trinajstić information content (AvgIpc) is 2.98. The summed E-state index contributed by atoms with van der Waals surface area (Å²) in [4.78, 5) is 21.6. The van der Waals surface area contributed by atoms with E-state index in [1.165, 1.54) is 0 Å². The third-order valence-electron chi connectivity index (χ3n) is 4.37. The number of carboxylic acids is 1. The molecule has 0 bridgehead atoms. The van der Waals surface area contributed by atoms with Gasteiger partial charge in [-0.3, -0.25) is 14.8 Å². The molecule has 0 amide bonds. The molecule has 122 valence electrons. The number of fused-ring (bicyclic) bond motifs is 1. The Balaban J connectivity index is 2.09. The number of nitrogens with zero attached hydrogens (tertiary/aromatic N) is 2. The van der Waals surface area contributed by atoms with Gasteiger partial charge in [-0.25, -0.2) is 0 Å². The van der Waals surface area contributed by atoms with Gasteiger partial charge >= 0.3 is 5.97 Å². The summed E-state index contributed by atoms with van der Waals surface area (Å²) in [5.41, 5.74) is 1.22. The van der Waals surface area contributed by atoms with Crippen molar-refractivity contribution < 1.29 is 9.90 Å². The maximum absolute atomic E-state index is 12.6. The molecule has 4 rings (SSSR count). The molecule has 0 aliphatic carbocycles. The Labute approximate surface area is 149 Å². The Bertz CT molecular complexity index is 987. The topological polar surface area (TPSA) is 62.5 Å². The molecule has 0 saturated heterocycles. The summed E-state index contributed by atoms with van der Waals surface area (Å²) in [6.45, 7) is 0. The summed E-state index contributed by atoms with van der Waals surface area (Å²) in [5, 5.41) is 10.8. The molecule has 1 unspecified atom stereocenters. The number of aliphatic imine (C=N–C) groups is 1. The Kier molecular flexibility index (Phi) is 3.62. The molecule has 0 radical (unpaired) electrons. The predicted octanol–water partition coefficient (Wildman–Crippen LogP) is 4.24. The van der Waals surface area contributed by atoms with Gasteiger partial charge in [-0.2, -0.15) is 0 Å². The molecule has 25 heavy (non-hydrogen) atoms. The molecule has 0 saturated carbocycles. The number of hydrogen-bond donors (Lipinski definition) is 1. The number of rotatable bonds is 3. The van der Waals surface area contributed by atoms with Crippen LogP contribution in [0.5, 0.6) is 0 Å². The molecule has 1 N–H and O–H groups in total. The molecule has 1 aliphatic rings. The molecular formula is C20H13ClN2O2. The molecule has 1 aromatic heterocycles. The predicted molar refractivity (Wildman–Crippen MR) is 96.7 cm³/mol. The Hall–Kier alpha value is -2.98. The van der Waals surface area contributed by atoms with Crippen molar-refractivity contribution >= 4 is 29.0 Å². The second-order valence-corrected chi connectivity index (χ2v) is 6.19. The molecule has 1 aliphatic heterocycles. The molecule has 3 aromatic rings. The van der Waals surface area contributed by atoms with Crippen molar-refractivity contribution in [3.8, 4) is 0 Å². The molecule has 5 heteroatoms. The van der Waals surface area contributed by atoms with E-state index in [2.05, 4.69) is 9.98 Å². The van der Waals surface area contributed by atoms with Gasteiger partial charge < -0.3 is 5.11 Å². The van der Waals surface area contributed by atoms with E-state index in [9.17, 15) is 9.90 Å². The van der Waals surface area contributed by atoms with Gasteiger partial charge in [-0.15, -0.1) is 0 Å². The van der Waals surface area contributed by atoms with Crippen LogP contribution in [0.2, 0.25) is 5.02 Å². The fourth-order valence-electron chi connectivity index (χ4n) is 3.28. The molecule has 0 spiro atoms. The first-order valence-corrected chi connectivity index (χ1v) is 8.11. The lowest BCUT2D eigenvalue weighted by Gasteiger charge is -2.27. The maximum atomic E-state index is 12.6. The Morgan fingerprint density at radius 1 is 1.00 bits per heavy atom. The van der Waals surface area contributed by atoms with E-state index in [0.717, 1.165) is 5.56 Å². The first kappa shape index (κ1) is 15.5. The van der Waals surface area contributed by atoms with Gasteiger partial charge in [0.1, 0.15) is 0 Å². The number of pyridine rings is 1. The second-order valence-electron chi connectivity index (χ2n) is 5.76. The van der Waals surface area contributed by atoms with Crippen LogP contribution in [0, 0.1) is 0 Å². The Morgan fingerprint density at radius 3 is 2.44 bits per heavy atom. The lowest BCUT2D eigenvalue weighted by atomic mass is 9.72. The highest BCUT2D eigenvalue weighted by atomic mass is 35.5. The summed E-state index contributed by atoms with van der Waals surface area (Å²) in [6, 6.07) is 19.7. The van der Waals surface area contributed by atoms with Crippen LogP contribution in [0.25, 0.3) is 0 Å². The zero-order chi connectivity index (χ0) is 17.4. The lowest BCUT2D eigenvalue weighted by molar-refractivity contribution is -0.139. The first-order valence-electron chi connectivity index (χ1n) is 7.73. The van der Waals surface area contributed by atoms with Gasteiger partial charge in [0, 0.05) is 16.8 Å². The quantitative estimate of drug-likeness (QED) is 0.770. The Morgan fingerprint density at radius 2 is 1.76 bits per heavy atom. The van der Waals surface area contributed by atoms with Crippen molar-refractivity contribution in [3.05, 3.63) is 94.8 Å². The first-order chi connectivity index (χ1) is 12.1. The molecule has 0 fully saturated rings. The van der Waals surface area contributed by atoms with Crippen LogP contribution in [-0.4, -0.2) is 21.8 Å². The summed E-state index contributed by atoms with van der Waals surface area (Å²) in [7, 11) is 0. The van der Waals surface area contributed by atoms with Gasteiger partial charge in [0.25, 0.3) is 0 Å². The van der Waals surface area contributed by atoms with E-state index in [4.69, 9.17) is 11.6 Å². The summed E-state index contributed by atoms with van der Waals surface area (Å²) in [6.07, 6.45) is 1.59. The van der Waals surface area contributed by atoms with Crippen molar-refractivity contribution in [2.24, 2.45) is 4.99 Å². The normalized spacial score (nSPS) is 18.5. The lowest BCUT2D eigenvalue weighted by Crippen LogP contribution is -2.44. The minimum absolute atomic E-state index is 0.408. The van der Waals surface area contributed by atoms with Crippen molar-refractivity contribution in [2.75, 3.05) is 0 Å². The number of aromatic nitrogens is 1. The molecule has 4 nitrogen and oxygen atoms in total. The molecule has 2 aromatic carbocycles. The van der Waals surface area contributed by atoms with E-state index in [-0.39, 0.29) is 0 Å². The largest absolute Gasteiger partial charge is 0.480 e. The van der Waals surface area contributed by atoms with Gasteiger partial charge in [0.05, 0.1) is 17.1 Å². The maximum Gasteiger partial charge on any atom is 0.326 e. The second kappa shape index (κ2) is 5.83. The van der Waals surface area contributed by atoms with Crippen LogP contribution in [-0.2, 0) is 10.2 Å². The number of halogens is 1. The van der Waals surface area contributed by atoms with Gasteiger partial charge in [-0.1, -0.05) is 48.0 Å². The van der Waals surface area contributed by atoms with Crippen molar-refractivity contribution in [3.63, 3.8) is 0 Å². The van der Waals surface area contributed by atoms with Crippen LogP contribution in [0.15, 0.2) is 77.9 Å². The minimum atomic E-state index is -1.50. The van der Waals surface area contributed by atoms with Crippen LogP contribution in [0.3, 0.4) is 0 Å². The van der Waals surface area contributed by atoms with E-state index in [1.54, 1.807) is 42.6 Å². The fourth-order valence-corrected chi connectivity index (χ4v) is 3.46. The number of carbonyl (C=O) groups is 1. The number of carboxylic acid groups (broad SMARTS) is 1. The van der Waals surface area contributed by atoms with Crippen LogP contribution in [0.1, 0.15) is 16.8 Å². The average molecular weight is 349 g/mol. The van der Waals surface area contributed by atoms with Crippen molar-refractivity contribution in [1.82, 2.24) is 4.98 Å². The highest BCUT2D eigenvalue weighted by Gasteiger charge is 2.53. The van der Waals surface area contributed by atoms with E-state index in [1.807, 2.05) is 30.3 Å². The number of benzene rings is 2. The smallest absolute Gasteiger partial charge is 0.326 e. The highest BCUT2D eigenvalue weighted by molar-refractivity contribution is 6.31. The third kappa shape index (κ3) is 2.26. The summed E-state index contributed by atoms with van der Waals surface area (Å²) in [5.74, 6) is -1.03. The van der Waals surface area contributed by atoms with E-state index in [0.29, 0.717) is 27.7 Å². The summed E-state index contributed by atoms with van der Waals surface area (Å²) >= 11 is 6.17. The van der Waals surface area contributed by atoms with Crippen LogP contribution < -0.4 is 0 Å². The van der Waals surface area contributed by atoms with Crippen molar-refractivity contribution in [2.45, 2.75) is 5.41 Å². The zero-order valence-corrected chi connectivity index (χ0v) is 13.8. The fraction of sp³-hybridized carbons (Fsp3) is 0.0500. The number of aliphatic carboxylic acids is 1. The molecule has 1 atom stereocenters. The van der Waals surface area contributed by atoms with Gasteiger partial charge in [0.15, 0.2) is 5.41 Å². The van der Waals surface area contributed by atoms with Gasteiger partial charge in [0.2, 0.25) is 0 Å². The summed E-state index contributed by atoms with van der Waals surface area (Å²) < 4.78 is 0. The SMILES string of the molecule is O=C(O)C1(c2ccccn2)C(c2ccccc2)=Nc2ccc(Cl)cc21. The van der Waals surface area contributed by atoms with Gasteiger partial charge in [-0.05, 0) is 35.9 Å². The van der Waals surface area contributed by atoms with E-state index < -0.39 is 11.4 Å². The van der Waals surface area contributed by atoms with Crippen molar-refractivity contribution in [1.29, 1.82) is 0 Å². The zero-order valence-electron chi connectivity index (χ0n) is 13.1. The standard InChI is InChI=1S/C20H13ClN2O2/c21-14-9-10-16-15(12-14)20(19(24)25,17-8-4-5-11-22-17)18(23-16)13-6-2-1-3-7-13/h1-12H,(H,24,25). The third-order valence-corrected chi connectivity index (χ3v) is 4.60. The monoisotopic (exact) mass is 348 g/mol. The van der Waals surface area contributed by atoms with Crippen LogP contribution >= 0.6 is 11.6 Å². The van der Waals surface area contributed by atoms with Crippen LogP contribution in [0.4, 0.5) is 5.69 Å². The number of hydrogen-bond acceptors (Lipinski definition) is 3. The molecular weight excluding hydrogens is 336 g/mol. The minimum Gasteiger partial charge on any atom is -0.480 e.